The molecular weight excluding hydrogens is 242 g/mol. The molecule has 1 unspecified atom stereocenters. The van der Waals surface area contributed by atoms with Crippen molar-refractivity contribution in [2.45, 2.75) is 51.7 Å². The monoisotopic (exact) mass is 265 g/mol. The standard InChI is InChI=1S/C15H23NO3/c1-2-3-4-8-11-14(15(17)18)16-19-12-13-9-6-5-7-10-13/h5-7,9-10,14,16H,2-4,8,11-12H2,1H3,(H,17,18). The second kappa shape index (κ2) is 9.53. The van der Waals surface area contributed by atoms with Gasteiger partial charge in [0.05, 0.1) is 6.61 Å². The van der Waals surface area contributed by atoms with Gasteiger partial charge in [0.25, 0.3) is 0 Å². The highest BCUT2D eigenvalue weighted by atomic mass is 16.6. The minimum atomic E-state index is -0.857. The van der Waals surface area contributed by atoms with E-state index < -0.39 is 12.0 Å². The lowest BCUT2D eigenvalue weighted by atomic mass is 10.1. The van der Waals surface area contributed by atoms with Crippen molar-refractivity contribution in [3.63, 3.8) is 0 Å². The third-order valence-electron chi connectivity index (χ3n) is 2.95. The number of carboxylic acids is 1. The molecule has 1 rings (SSSR count). The van der Waals surface area contributed by atoms with Crippen molar-refractivity contribution in [1.82, 2.24) is 5.48 Å². The fourth-order valence-electron chi connectivity index (χ4n) is 1.81. The zero-order chi connectivity index (χ0) is 13.9. The summed E-state index contributed by atoms with van der Waals surface area (Å²) in [5, 5.41) is 9.08. The summed E-state index contributed by atoms with van der Waals surface area (Å²) in [5.41, 5.74) is 3.66. The molecule has 106 valence electrons. The van der Waals surface area contributed by atoms with Gasteiger partial charge in [0.2, 0.25) is 0 Å². The number of benzene rings is 1. The Morgan fingerprint density at radius 3 is 2.63 bits per heavy atom. The maximum atomic E-state index is 11.1. The molecule has 2 N–H and O–H groups in total. The lowest BCUT2D eigenvalue weighted by Gasteiger charge is -2.14. The number of nitrogens with one attached hydrogen (secondary N) is 1. The van der Waals surface area contributed by atoms with Gasteiger partial charge in [0.1, 0.15) is 6.04 Å². The first-order valence-corrected chi connectivity index (χ1v) is 6.88. The third kappa shape index (κ3) is 6.94. The van der Waals surface area contributed by atoms with E-state index in [4.69, 9.17) is 9.94 Å². The van der Waals surface area contributed by atoms with Crippen molar-refractivity contribution in [2.75, 3.05) is 0 Å². The molecule has 0 radical (unpaired) electrons. The van der Waals surface area contributed by atoms with E-state index in [1.54, 1.807) is 0 Å². The van der Waals surface area contributed by atoms with Gasteiger partial charge in [0, 0.05) is 0 Å². The summed E-state index contributed by atoms with van der Waals surface area (Å²) in [6.45, 7) is 2.51. The fourth-order valence-corrected chi connectivity index (χ4v) is 1.81. The van der Waals surface area contributed by atoms with Gasteiger partial charge >= 0.3 is 5.97 Å². The molecule has 0 aliphatic rings. The molecule has 0 aliphatic heterocycles. The van der Waals surface area contributed by atoms with E-state index in [2.05, 4.69) is 12.4 Å². The van der Waals surface area contributed by atoms with Crippen molar-refractivity contribution in [1.29, 1.82) is 0 Å². The maximum Gasteiger partial charge on any atom is 0.323 e. The molecule has 19 heavy (non-hydrogen) atoms. The SMILES string of the molecule is CCCCCCC(NOCc1ccccc1)C(=O)O. The zero-order valence-electron chi connectivity index (χ0n) is 11.5. The topological polar surface area (TPSA) is 58.6 Å². The first-order chi connectivity index (χ1) is 9.24. The molecule has 1 aromatic carbocycles. The second-order valence-corrected chi connectivity index (χ2v) is 4.63. The number of hydrogen-bond acceptors (Lipinski definition) is 3. The van der Waals surface area contributed by atoms with Crippen LogP contribution in [0.25, 0.3) is 0 Å². The normalized spacial score (nSPS) is 12.3. The molecule has 1 aromatic rings. The van der Waals surface area contributed by atoms with Crippen LogP contribution in [0.3, 0.4) is 0 Å². The first kappa shape index (κ1) is 15.7. The third-order valence-corrected chi connectivity index (χ3v) is 2.95. The number of unbranched alkanes of at least 4 members (excludes halogenated alkanes) is 3. The lowest BCUT2D eigenvalue weighted by molar-refractivity contribution is -0.145. The van der Waals surface area contributed by atoms with E-state index in [0.717, 1.165) is 31.2 Å². The minimum absolute atomic E-state index is 0.375. The average Bonchev–Trinajstić information content (AvgIpc) is 2.42. The van der Waals surface area contributed by atoms with Crippen LogP contribution in [0.4, 0.5) is 0 Å². The van der Waals surface area contributed by atoms with E-state index >= 15 is 0 Å². The Labute approximate surface area is 114 Å². The van der Waals surface area contributed by atoms with Crippen molar-refractivity contribution in [2.24, 2.45) is 0 Å². The number of hydrogen-bond donors (Lipinski definition) is 2. The summed E-state index contributed by atoms with van der Waals surface area (Å²) in [6.07, 6.45) is 4.88. The molecule has 0 aliphatic carbocycles. The number of hydroxylamine groups is 1. The molecule has 0 saturated heterocycles. The van der Waals surface area contributed by atoms with E-state index in [0.29, 0.717) is 13.0 Å². The molecule has 0 saturated carbocycles. The van der Waals surface area contributed by atoms with E-state index in [9.17, 15) is 4.79 Å². The Hall–Kier alpha value is -1.39. The number of carboxylic acid groups (broad SMARTS) is 1. The van der Waals surface area contributed by atoms with Gasteiger partial charge in [0.15, 0.2) is 0 Å². The Morgan fingerprint density at radius 2 is 2.00 bits per heavy atom. The van der Waals surface area contributed by atoms with Gasteiger partial charge in [-0.1, -0.05) is 62.9 Å². The zero-order valence-corrected chi connectivity index (χ0v) is 11.5. The first-order valence-electron chi connectivity index (χ1n) is 6.88. The van der Waals surface area contributed by atoms with Crippen LogP contribution in [0.1, 0.15) is 44.6 Å². The van der Waals surface area contributed by atoms with E-state index in [1.165, 1.54) is 0 Å². The molecule has 4 heteroatoms. The van der Waals surface area contributed by atoms with Crippen LogP contribution in [0.2, 0.25) is 0 Å². The van der Waals surface area contributed by atoms with Crippen molar-refractivity contribution >= 4 is 5.97 Å². The molecular formula is C15H23NO3. The van der Waals surface area contributed by atoms with Crippen LogP contribution in [-0.4, -0.2) is 17.1 Å². The summed E-state index contributed by atoms with van der Waals surface area (Å²) >= 11 is 0. The highest BCUT2D eigenvalue weighted by Crippen LogP contribution is 2.07. The summed E-state index contributed by atoms with van der Waals surface area (Å²) in [6, 6.07) is 9.05. The molecule has 0 bridgehead atoms. The van der Waals surface area contributed by atoms with Crippen LogP contribution < -0.4 is 5.48 Å². The van der Waals surface area contributed by atoms with Gasteiger partial charge in [-0.25, -0.2) is 0 Å². The van der Waals surface area contributed by atoms with Gasteiger partial charge < -0.3 is 5.11 Å². The Kier molecular flexibility index (Phi) is 7.86. The number of rotatable bonds is 10. The number of carbonyl (C=O) groups is 1. The molecule has 0 aromatic heterocycles. The number of aliphatic carboxylic acids is 1. The van der Waals surface area contributed by atoms with Gasteiger partial charge in [-0.15, -0.1) is 0 Å². The Balaban J connectivity index is 2.24. The Morgan fingerprint density at radius 1 is 1.26 bits per heavy atom. The smallest absolute Gasteiger partial charge is 0.323 e. The van der Waals surface area contributed by atoms with E-state index in [-0.39, 0.29) is 0 Å². The molecule has 0 spiro atoms. The largest absolute Gasteiger partial charge is 0.480 e. The highest BCUT2D eigenvalue weighted by Gasteiger charge is 2.16. The summed E-state index contributed by atoms with van der Waals surface area (Å²) in [7, 11) is 0. The van der Waals surface area contributed by atoms with Crippen LogP contribution in [0.15, 0.2) is 30.3 Å². The van der Waals surface area contributed by atoms with Gasteiger partial charge in [-0.05, 0) is 12.0 Å². The predicted molar refractivity (Wildman–Crippen MR) is 74.5 cm³/mol. The van der Waals surface area contributed by atoms with Gasteiger partial charge in [-0.3, -0.25) is 9.63 Å². The summed E-state index contributed by atoms with van der Waals surface area (Å²) < 4.78 is 0. The molecule has 4 nitrogen and oxygen atoms in total. The molecule has 0 amide bonds. The van der Waals surface area contributed by atoms with Crippen LogP contribution >= 0.6 is 0 Å². The predicted octanol–water partition coefficient (Wildman–Crippen LogP) is 3.13. The molecule has 0 heterocycles. The van der Waals surface area contributed by atoms with Crippen LogP contribution in [-0.2, 0) is 16.2 Å². The second-order valence-electron chi connectivity index (χ2n) is 4.63. The molecule has 0 fully saturated rings. The van der Waals surface area contributed by atoms with Crippen molar-refractivity contribution in [3.05, 3.63) is 35.9 Å². The average molecular weight is 265 g/mol. The minimum Gasteiger partial charge on any atom is -0.480 e. The van der Waals surface area contributed by atoms with Crippen molar-refractivity contribution in [3.8, 4) is 0 Å². The van der Waals surface area contributed by atoms with Gasteiger partial charge in [-0.2, -0.15) is 5.48 Å². The quantitative estimate of drug-likeness (QED) is 0.504. The Bertz CT molecular complexity index is 354. The fraction of sp³-hybridized carbons (Fsp3) is 0.533. The highest BCUT2D eigenvalue weighted by molar-refractivity contribution is 5.73. The molecule has 1 atom stereocenters. The van der Waals surface area contributed by atoms with Crippen molar-refractivity contribution < 1.29 is 14.7 Å². The van der Waals surface area contributed by atoms with E-state index in [1.807, 2.05) is 30.3 Å². The lowest BCUT2D eigenvalue weighted by Crippen LogP contribution is -2.36. The maximum absolute atomic E-state index is 11.1. The summed E-state index contributed by atoms with van der Waals surface area (Å²) in [4.78, 5) is 16.3. The van der Waals surface area contributed by atoms with Crippen LogP contribution in [0.5, 0.6) is 0 Å². The summed E-state index contributed by atoms with van der Waals surface area (Å²) in [5.74, 6) is -0.857. The van der Waals surface area contributed by atoms with Crippen LogP contribution in [0, 0.1) is 0 Å².